The minimum Gasteiger partial charge on any atom is -0.287 e. The number of aryl methyl sites for hydroxylation is 1. The third-order valence-electron chi connectivity index (χ3n) is 3.21. The highest BCUT2D eigenvalue weighted by molar-refractivity contribution is 5.93. The van der Waals surface area contributed by atoms with E-state index in [4.69, 9.17) is 0 Å². The summed E-state index contributed by atoms with van der Waals surface area (Å²) in [5, 5.41) is 16.4. The van der Waals surface area contributed by atoms with Crippen LogP contribution in [0, 0.1) is 10.1 Å². The van der Waals surface area contributed by atoms with Crippen molar-refractivity contribution in [2.45, 2.75) is 32.5 Å². The number of unbranched alkanes of at least 4 members (excludes halogenated alkanes) is 1. The molecule has 11 heteroatoms. The summed E-state index contributed by atoms with van der Waals surface area (Å²) >= 11 is 0. The zero-order chi connectivity index (χ0) is 18.6. The highest BCUT2D eigenvalue weighted by Crippen LogP contribution is 2.23. The van der Waals surface area contributed by atoms with Gasteiger partial charge < -0.3 is 0 Å². The predicted octanol–water partition coefficient (Wildman–Crippen LogP) is 3.15. The van der Waals surface area contributed by atoms with Crippen LogP contribution < -0.4 is 5.32 Å². The smallest absolute Gasteiger partial charge is 0.287 e. The van der Waals surface area contributed by atoms with Gasteiger partial charge >= 0.3 is 12.1 Å². The van der Waals surface area contributed by atoms with Crippen LogP contribution in [0.25, 0.3) is 11.4 Å². The fourth-order valence-electron chi connectivity index (χ4n) is 1.93. The van der Waals surface area contributed by atoms with E-state index in [1.165, 1.54) is 28.9 Å². The second-order valence-corrected chi connectivity index (χ2v) is 5.09. The number of anilines is 1. The van der Waals surface area contributed by atoms with Crippen LogP contribution in [-0.4, -0.2) is 31.8 Å². The molecule has 0 unspecified atom stereocenters. The quantitative estimate of drug-likeness (QED) is 0.632. The van der Waals surface area contributed by atoms with E-state index in [2.05, 4.69) is 10.1 Å². The lowest BCUT2D eigenvalue weighted by Gasteiger charge is -2.08. The Morgan fingerprint density at radius 2 is 1.96 bits per heavy atom. The molecule has 0 atom stereocenters. The van der Waals surface area contributed by atoms with Crippen molar-refractivity contribution in [2.75, 3.05) is 5.32 Å². The molecule has 2 aromatic rings. The van der Waals surface area contributed by atoms with Gasteiger partial charge in [-0.25, -0.2) is 4.68 Å². The molecule has 8 nitrogen and oxygen atoms in total. The number of carbonyl (C=O) groups is 1. The van der Waals surface area contributed by atoms with Gasteiger partial charge in [-0.05, 0) is 18.6 Å². The van der Waals surface area contributed by atoms with Crippen molar-refractivity contribution in [2.24, 2.45) is 0 Å². The van der Waals surface area contributed by atoms with Gasteiger partial charge in [0.2, 0.25) is 5.95 Å². The molecule has 25 heavy (non-hydrogen) atoms. The number of carbonyl (C=O) groups excluding carboxylic acids is 1. The maximum atomic E-state index is 12.4. The number of amides is 1. The maximum absolute atomic E-state index is 12.4. The number of alkyl halides is 3. The van der Waals surface area contributed by atoms with Crippen molar-refractivity contribution >= 4 is 17.5 Å². The van der Waals surface area contributed by atoms with E-state index in [-0.39, 0.29) is 24.0 Å². The molecule has 0 radical (unpaired) electrons. The van der Waals surface area contributed by atoms with Crippen LogP contribution in [0.15, 0.2) is 24.3 Å². The summed E-state index contributed by atoms with van der Waals surface area (Å²) in [5.74, 6) is -2.42. The number of nitro groups is 1. The first-order valence-electron chi connectivity index (χ1n) is 7.30. The summed E-state index contributed by atoms with van der Waals surface area (Å²) < 4.78 is 38.5. The minimum atomic E-state index is -5.05. The van der Waals surface area contributed by atoms with Crippen LogP contribution in [-0.2, 0) is 11.3 Å². The van der Waals surface area contributed by atoms with Gasteiger partial charge in [0, 0.05) is 24.2 Å². The first-order valence-corrected chi connectivity index (χ1v) is 7.30. The Bertz CT molecular complexity index is 771. The largest absolute Gasteiger partial charge is 0.471 e. The lowest BCUT2D eigenvalue weighted by atomic mass is 10.2. The average molecular weight is 357 g/mol. The number of nitrogens with zero attached hydrogens (tertiary/aromatic N) is 4. The lowest BCUT2D eigenvalue weighted by Crippen LogP contribution is -2.31. The molecule has 1 N–H and O–H groups in total. The molecular formula is C14H14F3N5O3. The molecule has 1 aromatic carbocycles. The highest BCUT2D eigenvalue weighted by Gasteiger charge is 2.39. The van der Waals surface area contributed by atoms with Crippen LogP contribution in [0.2, 0.25) is 0 Å². The molecule has 0 bridgehead atoms. The number of rotatable bonds is 6. The molecule has 0 saturated heterocycles. The Hall–Kier alpha value is -2.98. The van der Waals surface area contributed by atoms with E-state index in [1.54, 1.807) is 5.32 Å². The van der Waals surface area contributed by atoms with E-state index in [1.807, 2.05) is 6.92 Å². The van der Waals surface area contributed by atoms with Gasteiger partial charge in [0.15, 0.2) is 5.82 Å². The van der Waals surface area contributed by atoms with E-state index in [9.17, 15) is 28.1 Å². The molecule has 0 aliphatic carbocycles. The van der Waals surface area contributed by atoms with Gasteiger partial charge in [-0.1, -0.05) is 13.3 Å². The SMILES string of the molecule is CCCCn1nc(-c2ccc([N+](=O)[O-])cc2)nc1NC(=O)C(F)(F)F. The molecule has 1 heterocycles. The monoisotopic (exact) mass is 357 g/mol. The molecular weight excluding hydrogens is 343 g/mol. The third-order valence-corrected chi connectivity index (χ3v) is 3.21. The summed E-state index contributed by atoms with van der Waals surface area (Å²) in [6, 6.07) is 5.23. The van der Waals surface area contributed by atoms with Gasteiger partial charge in [0.05, 0.1) is 4.92 Å². The minimum absolute atomic E-state index is 0.0588. The number of hydrogen-bond acceptors (Lipinski definition) is 5. The summed E-state index contributed by atoms with van der Waals surface area (Å²) in [7, 11) is 0. The van der Waals surface area contributed by atoms with Gasteiger partial charge in [0.25, 0.3) is 5.69 Å². The molecule has 1 aromatic heterocycles. The number of non-ortho nitro benzene ring substituents is 1. The fraction of sp³-hybridized carbons (Fsp3) is 0.357. The van der Waals surface area contributed by atoms with Crippen LogP contribution >= 0.6 is 0 Å². The van der Waals surface area contributed by atoms with Crippen LogP contribution in [0.5, 0.6) is 0 Å². The molecule has 0 aliphatic heterocycles. The zero-order valence-corrected chi connectivity index (χ0v) is 13.1. The average Bonchev–Trinajstić information content (AvgIpc) is 2.95. The standard InChI is InChI=1S/C14H14F3N5O3/c1-2-3-8-21-13(19-12(23)14(15,16)17)18-11(20-21)9-4-6-10(7-5-9)22(24)25/h4-7H,2-3,8H2,1H3,(H,18,19,20,23). The number of aromatic nitrogens is 3. The van der Waals surface area contributed by atoms with E-state index >= 15 is 0 Å². The Labute approximate surface area is 139 Å². The van der Waals surface area contributed by atoms with E-state index < -0.39 is 17.0 Å². The summed E-state index contributed by atoms with van der Waals surface area (Å²) in [5.41, 5.74) is 0.239. The van der Waals surface area contributed by atoms with Gasteiger partial charge in [-0.15, -0.1) is 5.10 Å². The second-order valence-electron chi connectivity index (χ2n) is 5.09. The van der Waals surface area contributed by atoms with Crippen LogP contribution in [0.3, 0.4) is 0 Å². The van der Waals surface area contributed by atoms with Crippen molar-refractivity contribution < 1.29 is 22.9 Å². The number of nitrogens with one attached hydrogen (secondary N) is 1. The highest BCUT2D eigenvalue weighted by atomic mass is 19.4. The third kappa shape index (κ3) is 4.52. The van der Waals surface area contributed by atoms with E-state index in [0.717, 1.165) is 6.42 Å². The van der Waals surface area contributed by atoms with E-state index in [0.29, 0.717) is 12.0 Å². The van der Waals surface area contributed by atoms with Gasteiger partial charge in [0.1, 0.15) is 0 Å². The molecule has 0 saturated carbocycles. The van der Waals surface area contributed by atoms with Crippen molar-refractivity contribution in [1.29, 1.82) is 0 Å². The molecule has 0 fully saturated rings. The molecule has 0 spiro atoms. The van der Waals surface area contributed by atoms with Crippen LogP contribution in [0.1, 0.15) is 19.8 Å². The van der Waals surface area contributed by atoms with Gasteiger partial charge in [-0.2, -0.15) is 18.2 Å². The van der Waals surface area contributed by atoms with Crippen molar-refractivity contribution in [3.8, 4) is 11.4 Å². The Balaban J connectivity index is 2.33. The number of halogens is 3. The predicted molar refractivity (Wildman–Crippen MR) is 81.7 cm³/mol. The molecule has 0 aliphatic rings. The number of hydrogen-bond donors (Lipinski definition) is 1. The summed E-state index contributed by atoms with van der Waals surface area (Å²) in [4.78, 5) is 25.1. The zero-order valence-electron chi connectivity index (χ0n) is 13.1. The van der Waals surface area contributed by atoms with Crippen molar-refractivity contribution in [3.63, 3.8) is 0 Å². The molecule has 2 rings (SSSR count). The fourth-order valence-corrected chi connectivity index (χ4v) is 1.93. The van der Waals surface area contributed by atoms with Crippen molar-refractivity contribution in [3.05, 3.63) is 34.4 Å². The normalized spacial score (nSPS) is 11.4. The Morgan fingerprint density at radius 1 is 1.32 bits per heavy atom. The number of benzene rings is 1. The topological polar surface area (TPSA) is 103 Å². The summed E-state index contributed by atoms with van der Waals surface area (Å²) in [6.07, 6.45) is -3.66. The first kappa shape index (κ1) is 18.4. The Kier molecular flexibility index (Phi) is 5.35. The van der Waals surface area contributed by atoms with Crippen molar-refractivity contribution in [1.82, 2.24) is 14.8 Å². The molecule has 1 amide bonds. The summed E-state index contributed by atoms with van der Waals surface area (Å²) in [6.45, 7) is 2.16. The first-order chi connectivity index (χ1) is 11.7. The number of nitro benzene ring substituents is 1. The molecule has 134 valence electrons. The lowest BCUT2D eigenvalue weighted by molar-refractivity contribution is -0.384. The Morgan fingerprint density at radius 3 is 2.48 bits per heavy atom. The van der Waals surface area contributed by atoms with Crippen LogP contribution in [0.4, 0.5) is 24.8 Å². The van der Waals surface area contributed by atoms with Gasteiger partial charge in [-0.3, -0.25) is 20.2 Å². The second kappa shape index (κ2) is 7.28. The maximum Gasteiger partial charge on any atom is 0.471 e.